The minimum absolute atomic E-state index is 0.481. The van der Waals surface area contributed by atoms with E-state index < -0.39 is 0 Å². The average Bonchev–Trinajstić information content (AvgIpc) is 2.72. The van der Waals surface area contributed by atoms with Crippen LogP contribution in [0.3, 0.4) is 0 Å². The van der Waals surface area contributed by atoms with E-state index in [0.717, 1.165) is 5.69 Å². The minimum Gasteiger partial charge on any atom is -0.353 e. The second-order valence-corrected chi connectivity index (χ2v) is 3.49. The Hall–Kier alpha value is -1.50. The van der Waals surface area contributed by atoms with Crippen molar-refractivity contribution in [1.82, 2.24) is 20.0 Å². The monoisotopic (exact) mass is 211 g/mol. The summed E-state index contributed by atoms with van der Waals surface area (Å²) in [6, 6.07) is 1.76. The first kappa shape index (κ1) is 9.07. The van der Waals surface area contributed by atoms with Gasteiger partial charge in [-0.3, -0.25) is 0 Å². The standard InChI is InChI=1S/C7H9N5OS/c1-4-3-5(13-11-4)6-9-10-7(14-2)12(6)8/h3H,8H2,1-2H3. The van der Waals surface area contributed by atoms with Crippen molar-refractivity contribution < 1.29 is 4.52 Å². The molecule has 7 heteroatoms. The van der Waals surface area contributed by atoms with E-state index in [4.69, 9.17) is 10.4 Å². The van der Waals surface area contributed by atoms with Crippen molar-refractivity contribution in [3.8, 4) is 11.6 Å². The molecule has 2 aromatic rings. The normalized spacial score (nSPS) is 10.7. The molecule has 0 bridgehead atoms. The van der Waals surface area contributed by atoms with Crippen LogP contribution in [-0.4, -0.2) is 26.3 Å². The largest absolute Gasteiger partial charge is 0.353 e. The summed E-state index contributed by atoms with van der Waals surface area (Å²) in [4.78, 5) is 0. The second kappa shape index (κ2) is 3.33. The van der Waals surface area contributed by atoms with Crippen molar-refractivity contribution in [3.05, 3.63) is 11.8 Å². The molecule has 0 saturated carbocycles. The third-order valence-electron chi connectivity index (χ3n) is 1.70. The van der Waals surface area contributed by atoms with Gasteiger partial charge < -0.3 is 10.4 Å². The maximum Gasteiger partial charge on any atom is 0.221 e. The highest BCUT2D eigenvalue weighted by Gasteiger charge is 2.14. The summed E-state index contributed by atoms with van der Waals surface area (Å²) < 4.78 is 6.41. The van der Waals surface area contributed by atoms with Gasteiger partial charge in [-0.05, 0) is 13.2 Å². The zero-order valence-electron chi connectivity index (χ0n) is 7.76. The van der Waals surface area contributed by atoms with Crippen LogP contribution in [-0.2, 0) is 0 Å². The van der Waals surface area contributed by atoms with Gasteiger partial charge in [0.15, 0.2) is 0 Å². The summed E-state index contributed by atoms with van der Waals surface area (Å²) in [6.07, 6.45) is 1.88. The minimum atomic E-state index is 0.481. The Morgan fingerprint density at radius 1 is 1.50 bits per heavy atom. The molecule has 0 amide bonds. The lowest BCUT2D eigenvalue weighted by Gasteiger charge is -1.96. The lowest BCUT2D eigenvalue weighted by Crippen LogP contribution is -2.10. The molecule has 6 nitrogen and oxygen atoms in total. The van der Waals surface area contributed by atoms with Crippen molar-refractivity contribution in [1.29, 1.82) is 0 Å². The number of hydrogen-bond acceptors (Lipinski definition) is 6. The molecule has 0 saturated heterocycles. The first-order valence-corrected chi connectivity index (χ1v) is 5.13. The Balaban J connectivity index is 2.46. The summed E-state index contributed by atoms with van der Waals surface area (Å²) in [5.74, 6) is 6.75. The first-order chi connectivity index (χ1) is 6.72. The van der Waals surface area contributed by atoms with E-state index in [0.29, 0.717) is 16.7 Å². The van der Waals surface area contributed by atoms with Crippen LogP contribution in [0.1, 0.15) is 5.69 Å². The van der Waals surface area contributed by atoms with Gasteiger partial charge in [-0.25, -0.2) is 4.68 Å². The van der Waals surface area contributed by atoms with Crippen LogP contribution in [0.25, 0.3) is 11.6 Å². The summed E-state index contributed by atoms with van der Waals surface area (Å²) in [5.41, 5.74) is 0.786. The molecule has 2 aromatic heterocycles. The molecule has 0 atom stereocenters. The second-order valence-electron chi connectivity index (χ2n) is 2.71. The molecule has 0 aliphatic heterocycles. The van der Waals surface area contributed by atoms with Crippen molar-refractivity contribution in [2.45, 2.75) is 12.1 Å². The quantitative estimate of drug-likeness (QED) is 0.581. The van der Waals surface area contributed by atoms with Crippen LogP contribution in [0, 0.1) is 6.92 Å². The van der Waals surface area contributed by atoms with Gasteiger partial charge in [0.2, 0.25) is 16.7 Å². The molecule has 2 rings (SSSR count). The summed E-state index contributed by atoms with van der Waals surface area (Å²) >= 11 is 1.42. The number of hydrogen-bond donors (Lipinski definition) is 1. The van der Waals surface area contributed by atoms with Crippen LogP contribution in [0.2, 0.25) is 0 Å². The van der Waals surface area contributed by atoms with Gasteiger partial charge >= 0.3 is 0 Å². The predicted molar refractivity (Wildman–Crippen MR) is 52.2 cm³/mol. The molecular weight excluding hydrogens is 202 g/mol. The molecule has 74 valence electrons. The molecule has 2 N–H and O–H groups in total. The van der Waals surface area contributed by atoms with Gasteiger partial charge in [0, 0.05) is 6.07 Å². The van der Waals surface area contributed by atoms with Gasteiger partial charge in [0.25, 0.3) is 0 Å². The fourth-order valence-electron chi connectivity index (χ4n) is 1.05. The predicted octanol–water partition coefficient (Wildman–Crippen LogP) is 0.677. The van der Waals surface area contributed by atoms with Gasteiger partial charge in [0.05, 0.1) is 5.69 Å². The van der Waals surface area contributed by atoms with Gasteiger partial charge in [-0.15, -0.1) is 10.2 Å². The number of nitrogens with two attached hydrogens (primary N) is 1. The smallest absolute Gasteiger partial charge is 0.221 e. The molecule has 0 aromatic carbocycles. The third kappa shape index (κ3) is 1.35. The van der Waals surface area contributed by atoms with E-state index in [1.165, 1.54) is 16.4 Å². The molecule has 0 aliphatic carbocycles. The highest BCUT2D eigenvalue weighted by molar-refractivity contribution is 7.98. The lowest BCUT2D eigenvalue weighted by atomic mass is 10.4. The van der Waals surface area contributed by atoms with Crippen LogP contribution in [0.15, 0.2) is 15.7 Å². The fourth-order valence-corrected chi connectivity index (χ4v) is 1.46. The first-order valence-electron chi connectivity index (χ1n) is 3.90. The number of rotatable bonds is 2. The van der Waals surface area contributed by atoms with Crippen LogP contribution in [0.4, 0.5) is 0 Å². The van der Waals surface area contributed by atoms with Gasteiger partial charge in [-0.1, -0.05) is 16.9 Å². The Labute approximate surface area is 84.4 Å². The van der Waals surface area contributed by atoms with E-state index >= 15 is 0 Å². The number of aryl methyl sites for hydroxylation is 1. The van der Waals surface area contributed by atoms with Crippen LogP contribution in [0.5, 0.6) is 0 Å². The van der Waals surface area contributed by atoms with E-state index in [1.807, 2.05) is 13.2 Å². The zero-order chi connectivity index (χ0) is 10.1. The summed E-state index contributed by atoms with van der Waals surface area (Å²) in [5, 5.41) is 12.2. The topological polar surface area (TPSA) is 82.8 Å². The van der Waals surface area contributed by atoms with Crippen LogP contribution < -0.4 is 5.84 Å². The van der Waals surface area contributed by atoms with E-state index in [9.17, 15) is 0 Å². The van der Waals surface area contributed by atoms with Crippen molar-refractivity contribution in [2.75, 3.05) is 12.1 Å². The maximum absolute atomic E-state index is 5.74. The molecule has 0 aliphatic rings. The van der Waals surface area contributed by atoms with Gasteiger partial charge in [0.1, 0.15) is 0 Å². The Morgan fingerprint density at radius 2 is 2.29 bits per heavy atom. The lowest BCUT2D eigenvalue weighted by molar-refractivity contribution is 0.423. The summed E-state index contributed by atoms with van der Waals surface area (Å²) in [6.45, 7) is 1.83. The van der Waals surface area contributed by atoms with Gasteiger partial charge in [-0.2, -0.15) is 0 Å². The number of nitrogen functional groups attached to an aromatic ring is 1. The fraction of sp³-hybridized carbons (Fsp3) is 0.286. The molecule has 0 unspecified atom stereocenters. The Kier molecular flexibility index (Phi) is 2.16. The zero-order valence-corrected chi connectivity index (χ0v) is 8.58. The molecule has 0 radical (unpaired) electrons. The van der Waals surface area contributed by atoms with Crippen molar-refractivity contribution in [3.63, 3.8) is 0 Å². The number of nitrogens with zero attached hydrogens (tertiary/aromatic N) is 4. The number of thioether (sulfide) groups is 1. The molecule has 14 heavy (non-hydrogen) atoms. The molecule has 0 spiro atoms. The number of aromatic nitrogens is 4. The van der Waals surface area contributed by atoms with E-state index in [2.05, 4.69) is 15.4 Å². The highest BCUT2D eigenvalue weighted by Crippen LogP contribution is 2.20. The maximum atomic E-state index is 5.74. The van der Waals surface area contributed by atoms with Crippen molar-refractivity contribution >= 4 is 11.8 Å². The van der Waals surface area contributed by atoms with Crippen LogP contribution >= 0.6 is 11.8 Å². The molecular formula is C7H9N5OS. The SMILES string of the molecule is CSc1nnc(-c2cc(C)no2)n1N. The molecule has 0 fully saturated rings. The third-order valence-corrected chi connectivity index (χ3v) is 2.34. The average molecular weight is 211 g/mol. The summed E-state index contributed by atoms with van der Waals surface area (Å²) in [7, 11) is 0. The molecule has 2 heterocycles. The van der Waals surface area contributed by atoms with E-state index in [-0.39, 0.29) is 0 Å². The Bertz CT molecular complexity index is 449. The van der Waals surface area contributed by atoms with Crippen molar-refractivity contribution in [2.24, 2.45) is 0 Å². The highest BCUT2D eigenvalue weighted by atomic mass is 32.2. The van der Waals surface area contributed by atoms with E-state index in [1.54, 1.807) is 6.07 Å². The Morgan fingerprint density at radius 3 is 2.79 bits per heavy atom.